The highest BCUT2D eigenvalue weighted by molar-refractivity contribution is 6.59. The minimum absolute atomic E-state index is 0.0130. The van der Waals surface area contributed by atoms with Gasteiger partial charge in [0.25, 0.3) is 0 Å². The molecule has 0 saturated carbocycles. The maximum atomic E-state index is 8.37. The third kappa shape index (κ3) is 1.08. The Kier molecular flexibility index (Phi) is 1.68. The monoisotopic (exact) mass is 144 g/mol. The van der Waals surface area contributed by atoms with E-state index in [0.717, 1.165) is 0 Å². The smallest absolute Gasteiger partial charge is 0.520 e. The van der Waals surface area contributed by atoms with Gasteiger partial charge < -0.3 is 9.88 Å². The third-order valence-electron chi connectivity index (χ3n) is 1.07. The fraction of sp³-hybridized carbons (Fsp3) is 0. The zero-order valence-corrected chi connectivity index (χ0v) is 5.33. The van der Waals surface area contributed by atoms with E-state index in [1.807, 2.05) is 0 Å². The summed E-state index contributed by atoms with van der Waals surface area (Å²) in [5.74, 6) is 1.59. The molecule has 0 aliphatic carbocycles. The van der Waals surface area contributed by atoms with Crippen molar-refractivity contribution in [2.45, 2.75) is 0 Å². The summed E-state index contributed by atoms with van der Waals surface area (Å²) in [5, 5.41) is 27.4. The van der Waals surface area contributed by atoms with Crippen LogP contribution in [0.2, 0.25) is 0 Å². The summed E-state index contributed by atoms with van der Waals surface area (Å²) in [7, 11) is -0.903. The summed E-state index contributed by atoms with van der Waals surface area (Å²) in [4.78, 5) is 0. The van der Waals surface area contributed by atoms with E-state index < -0.39 is 7.05 Å². The number of nitriles is 3. The molecule has 0 spiro atoms. The van der Waals surface area contributed by atoms with E-state index in [1.165, 1.54) is 0 Å². The van der Waals surface area contributed by atoms with Crippen molar-refractivity contribution < 1.29 is 4.65 Å². The second-order valence-electron chi connectivity index (χ2n) is 1.70. The average molecular weight is 144 g/mol. The maximum Gasteiger partial charge on any atom is 0.602 e. The molecule has 0 bridgehead atoms. The Hall–Kier alpha value is -2.13. The Morgan fingerprint density at radius 1 is 1.27 bits per heavy atom. The van der Waals surface area contributed by atoms with Crippen LogP contribution in [0.3, 0.4) is 0 Å². The van der Waals surface area contributed by atoms with Crippen molar-refractivity contribution in [3.63, 3.8) is 0 Å². The number of rotatable bonds is 0. The van der Waals surface area contributed by atoms with E-state index in [2.05, 4.69) is 9.88 Å². The van der Waals surface area contributed by atoms with Gasteiger partial charge in [0, 0.05) is 0 Å². The molecule has 0 aromatic rings. The van der Waals surface area contributed by atoms with Crippen LogP contribution in [0.5, 0.6) is 0 Å². The Morgan fingerprint density at radius 2 is 2.00 bits per heavy atom. The van der Waals surface area contributed by atoms with Crippen LogP contribution in [-0.4, -0.2) is 7.05 Å². The molecule has 1 aliphatic rings. The molecule has 1 aliphatic heterocycles. The predicted octanol–water partition coefficient (Wildman–Crippen LogP) is -0.584. The lowest BCUT2D eigenvalue weighted by Gasteiger charge is -1.91. The third-order valence-corrected chi connectivity index (χ3v) is 1.07. The second kappa shape index (κ2) is 2.64. The molecule has 0 unspecified atom stereocenters. The first-order valence-corrected chi connectivity index (χ1v) is 2.69. The summed E-state index contributed by atoms with van der Waals surface area (Å²) in [6.45, 7) is 0. The maximum absolute atomic E-state index is 8.37. The van der Waals surface area contributed by atoms with Gasteiger partial charge in [0.15, 0.2) is 5.70 Å². The van der Waals surface area contributed by atoms with Crippen LogP contribution < -0.4 is 5.23 Å². The quantitative estimate of drug-likeness (QED) is 0.458. The van der Waals surface area contributed by atoms with Gasteiger partial charge in [-0.15, -0.1) is 0 Å². The van der Waals surface area contributed by atoms with Gasteiger partial charge in [-0.3, -0.25) is 0 Å². The highest BCUT2D eigenvalue weighted by atomic mass is 16.5. The molecule has 0 atom stereocenters. The zero-order chi connectivity index (χ0) is 8.27. The van der Waals surface area contributed by atoms with Gasteiger partial charge in [0.1, 0.15) is 12.1 Å². The first-order chi connectivity index (χ1) is 5.31. The van der Waals surface area contributed by atoms with E-state index >= 15 is 0 Å². The lowest BCUT2D eigenvalue weighted by molar-refractivity contribution is 0.480. The fourth-order valence-corrected chi connectivity index (χ4v) is 0.627. The molecule has 1 N–H and O–H groups in total. The van der Waals surface area contributed by atoms with Gasteiger partial charge in [-0.2, -0.15) is 10.5 Å². The molecular weight excluding hydrogens is 143 g/mol. The van der Waals surface area contributed by atoms with E-state index in [1.54, 1.807) is 18.1 Å². The van der Waals surface area contributed by atoms with Gasteiger partial charge in [-0.05, 0) is 0 Å². The largest absolute Gasteiger partial charge is 0.602 e. The van der Waals surface area contributed by atoms with Crippen molar-refractivity contribution in [2.24, 2.45) is 0 Å². The predicted molar refractivity (Wildman–Crippen MR) is 33.8 cm³/mol. The van der Waals surface area contributed by atoms with Crippen molar-refractivity contribution >= 4 is 7.05 Å². The molecular formula is C5HBN4O. The van der Waals surface area contributed by atoms with Crippen molar-refractivity contribution in [2.75, 3.05) is 0 Å². The van der Waals surface area contributed by atoms with Crippen LogP contribution in [0.15, 0.2) is 11.5 Å². The van der Waals surface area contributed by atoms with Crippen molar-refractivity contribution in [1.82, 2.24) is 5.23 Å². The summed E-state index contributed by atoms with van der Waals surface area (Å²) in [6, 6.07) is 3.35. The minimum atomic E-state index is -0.903. The Labute approximate surface area is 63.2 Å². The van der Waals surface area contributed by atoms with Crippen LogP contribution in [0.25, 0.3) is 0 Å². The standard InChI is InChI=1S/C5HBN4O/c7-1-4-5(2-8)11-6(3-9)10-4/h10H. The van der Waals surface area contributed by atoms with Crippen LogP contribution in [0.1, 0.15) is 0 Å². The number of nitrogens with zero attached hydrogens (tertiary/aromatic N) is 3. The molecule has 6 heteroatoms. The molecule has 1 rings (SSSR count). The number of allylic oxidation sites excluding steroid dienone is 2. The normalized spacial score (nSPS) is 14.1. The van der Waals surface area contributed by atoms with E-state index in [-0.39, 0.29) is 11.5 Å². The first-order valence-electron chi connectivity index (χ1n) is 2.69. The van der Waals surface area contributed by atoms with E-state index in [4.69, 9.17) is 15.8 Å². The summed E-state index contributed by atoms with van der Waals surface area (Å²) < 4.78 is 4.69. The molecule has 5 nitrogen and oxygen atoms in total. The molecule has 11 heavy (non-hydrogen) atoms. The lowest BCUT2D eigenvalue weighted by Crippen LogP contribution is -2.27. The summed E-state index contributed by atoms with van der Waals surface area (Å²) in [6.07, 6.45) is 0. The number of hydrogen-bond donors (Lipinski definition) is 1. The van der Waals surface area contributed by atoms with Crippen LogP contribution >= 0.6 is 0 Å². The molecule has 1 heterocycles. The van der Waals surface area contributed by atoms with Crippen LogP contribution in [0.4, 0.5) is 0 Å². The number of hydrogen-bond acceptors (Lipinski definition) is 5. The molecule has 0 radical (unpaired) electrons. The summed E-state index contributed by atoms with van der Waals surface area (Å²) >= 11 is 0. The van der Waals surface area contributed by atoms with Gasteiger partial charge in [-0.1, -0.05) is 0 Å². The van der Waals surface area contributed by atoms with Crippen molar-refractivity contribution in [3.05, 3.63) is 11.5 Å². The van der Waals surface area contributed by atoms with Crippen molar-refractivity contribution in [1.29, 1.82) is 15.8 Å². The van der Waals surface area contributed by atoms with Crippen LogP contribution in [-0.2, 0) is 4.65 Å². The molecule has 50 valence electrons. The lowest BCUT2D eigenvalue weighted by atomic mass is 9.88. The van der Waals surface area contributed by atoms with Gasteiger partial charge in [0.2, 0.25) is 5.76 Å². The Morgan fingerprint density at radius 3 is 2.36 bits per heavy atom. The minimum Gasteiger partial charge on any atom is -0.520 e. The van der Waals surface area contributed by atoms with Gasteiger partial charge in [-0.25, -0.2) is 5.26 Å². The Balaban J connectivity index is 2.86. The molecule has 0 fully saturated rings. The second-order valence-corrected chi connectivity index (χ2v) is 1.70. The topological polar surface area (TPSA) is 92.6 Å². The number of nitrogens with one attached hydrogen (secondary N) is 1. The first kappa shape index (κ1) is 6.99. The molecule has 0 saturated heterocycles. The molecule has 0 aromatic heterocycles. The van der Waals surface area contributed by atoms with Crippen LogP contribution in [0, 0.1) is 33.9 Å². The molecule has 0 amide bonds. The fourth-order valence-electron chi connectivity index (χ4n) is 0.627. The van der Waals surface area contributed by atoms with Crippen molar-refractivity contribution in [3.8, 4) is 18.1 Å². The SMILES string of the molecule is N#CB1NC(C#N)=C(C#N)O1. The Bertz CT molecular complexity index is 302. The summed E-state index contributed by atoms with van der Waals surface area (Å²) in [5.41, 5.74) is 0.0130. The van der Waals surface area contributed by atoms with Gasteiger partial charge in [0.05, 0.1) is 5.97 Å². The van der Waals surface area contributed by atoms with Gasteiger partial charge >= 0.3 is 7.05 Å². The highest BCUT2D eigenvalue weighted by Gasteiger charge is 2.30. The average Bonchev–Trinajstić information content (AvgIpc) is 2.46. The van der Waals surface area contributed by atoms with E-state index in [0.29, 0.717) is 0 Å². The highest BCUT2D eigenvalue weighted by Crippen LogP contribution is 2.10. The zero-order valence-electron chi connectivity index (χ0n) is 5.33. The van der Waals surface area contributed by atoms with E-state index in [9.17, 15) is 0 Å². The molecule has 0 aromatic carbocycles.